The van der Waals surface area contributed by atoms with Crippen molar-refractivity contribution in [3.63, 3.8) is 0 Å². The second kappa shape index (κ2) is 7.99. The van der Waals surface area contributed by atoms with Crippen LogP contribution in [0.3, 0.4) is 0 Å². The van der Waals surface area contributed by atoms with Crippen LogP contribution >= 0.6 is 0 Å². The number of rotatable bonds is 4. The molecular weight excluding hydrogens is 375 g/mol. The molecule has 2 N–H and O–H groups in total. The molecule has 0 saturated carbocycles. The second-order valence-corrected chi connectivity index (χ2v) is 6.91. The van der Waals surface area contributed by atoms with E-state index in [9.17, 15) is 13.2 Å². The van der Waals surface area contributed by atoms with Crippen LogP contribution in [0.25, 0.3) is 0 Å². The molecule has 0 radical (unpaired) electrons. The molecule has 0 aliphatic carbocycles. The molecule has 0 aromatic heterocycles. The Morgan fingerprint density at radius 3 is 1.97 bits per heavy atom. The number of alkyl halides is 3. The first-order valence-electron chi connectivity index (χ1n) is 9.35. The van der Waals surface area contributed by atoms with Gasteiger partial charge in [0.1, 0.15) is 6.04 Å². The zero-order valence-electron chi connectivity index (χ0n) is 15.5. The molecule has 0 unspecified atom stereocenters. The van der Waals surface area contributed by atoms with E-state index in [1.807, 2.05) is 48.5 Å². The predicted octanol–water partition coefficient (Wildman–Crippen LogP) is 5.24. The highest BCUT2D eigenvalue weighted by Gasteiger charge is 2.31. The summed E-state index contributed by atoms with van der Waals surface area (Å²) in [5.74, 6) is 0.632. The molecular formula is C23H20F3N3. The average molecular weight is 395 g/mol. The van der Waals surface area contributed by atoms with Gasteiger partial charge >= 0.3 is 6.18 Å². The summed E-state index contributed by atoms with van der Waals surface area (Å²) in [5, 5.41) is 6.63. The van der Waals surface area contributed by atoms with Crippen molar-refractivity contribution in [1.29, 1.82) is 0 Å². The summed E-state index contributed by atoms with van der Waals surface area (Å²) >= 11 is 0. The van der Waals surface area contributed by atoms with E-state index in [1.165, 1.54) is 12.1 Å². The summed E-state index contributed by atoms with van der Waals surface area (Å²) < 4.78 is 38.1. The number of nitrogens with one attached hydrogen (secondary N) is 2. The Morgan fingerprint density at radius 2 is 1.38 bits per heavy atom. The van der Waals surface area contributed by atoms with Crippen LogP contribution in [0, 0.1) is 0 Å². The maximum atomic E-state index is 12.7. The number of aliphatic imine (C=N–C) groups is 1. The van der Waals surface area contributed by atoms with Gasteiger partial charge in [0.15, 0.2) is 5.96 Å². The van der Waals surface area contributed by atoms with Crippen molar-refractivity contribution in [2.75, 3.05) is 0 Å². The lowest BCUT2D eigenvalue weighted by molar-refractivity contribution is -0.137. The summed E-state index contributed by atoms with van der Waals surface area (Å²) in [6.07, 6.45) is -4.32. The van der Waals surface area contributed by atoms with Gasteiger partial charge in [0.2, 0.25) is 0 Å². The molecule has 3 aromatic carbocycles. The molecule has 29 heavy (non-hydrogen) atoms. The average Bonchev–Trinajstić information content (AvgIpc) is 3.18. The summed E-state index contributed by atoms with van der Waals surface area (Å²) in [4.78, 5) is 4.80. The van der Waals surface area contributed by atoms with E-state index < -0.39 is 11.7 Å². The van der Waals surface area contributed by atoms with Crippen LogP contribution in [0.15, 0.2) is 89.9 Å². The van der Waals surface area contributed by atoms with E-state index in [4.69, 9.17) is 4.99 Å². The van der Waals surface area contributed by atoms with Crippen LogP contribution in [0.4, 0.5) is 13.2 Å². The molecule has 1 aliphatic rings. The molecule has 0 amide bonds. The Kier molecular flexibility index (Phi) is 5.25. The van der Waals surface area contributed by atoms with Gasteiger partial charge in [0, 0.05) is 6.54 Å². The fraction of sp³-hybridized carbons (Fsp3) is 0.174. The van der Waals surface area contributed by atoms with Gasteiger partial charge in [-0.25, -0.2) is 4.99 Å². The van der Waals surface area contributed by atoms with Crippen molar-refractivity contribution in [2.24, 2.45) is 4.99 Å². The third-order valence-corrected chi connectivity index (χ3v) is 4.92. The summed E-state index contributed by atoms with van der Waals surface area (Å²) in [6, 6.07) is 25.2. The van der Waals surface area contributed by atoms with Gasteiger partial charge in [-0.2, -0.15) is 13.2 Å². The number of nitrogens with zero attached hydrogens (tertiary/aromatic N) is 1. The maximum Gasteiger partial charge on any atom is 0.416 e. The Balaban J connectivity index is 1.50. The maximum absolute atomic E-state index is 12.7. The Hall–Kier alpha value is -3.28. The normalized spacial score (nSPS) is 18.8. The fourth-order valence-corrected chi connectivity index (χ4v) is 3.41. The largest absolute Gasteiger partial charge is 0.416 e. The molecule has 6 heteroatoms. The Bertz CT molecular complexity index is 968. The molecule has 1 heterocycles. The topological polar surface area (TPSA) is 36.4 Å². The third kappa shape index (κ3) is 4.42. The number of hydrogen-bond donors (Lipinski definition) is 2. The molecule has 0 fully saturated rings. The van der Waals surface area contributed by atoms with Crippen molar-refractivity contribution >= 4 is 5.96 Å². The van der Waals surface area contributed by atoms with Gasteiger partial charge in [-0.1, -0.05) is 72.8 Å². The Labute approximate surface area is 167 Å². The summed E-state index contributed by atoms with van der Waals surface area (Å²) in [7, 11) is 0. The van der Waals surface area contributed by atoms with E-state index in [-0.39, 0.29) is 12.1 Å². The smallest absolute Gasteiger partial charge is 0.352 e. The lowest BCUT2D eigenvalue weighted by Crippen LogP contribution is -2.35. The first kappa shape index (κ1) is 19.1. The van der Waals surface area contributed by atoms with E-state index >= 15 is 0 Å². The van der Waals surface area contributed by atoms with Gasteiger partial charge in [-0.15, -0.1) is 0 Å². The zero-order chi connectivity index (χ0) is 20.3. The highest BCUT2D eigenvalue weighted by atomic mass is 19.4. The van der Waals surface area contributed by atoms with Crippen LogP contribution in [0.5, 0.6) is 0 Å². The monoisotopic (exact) mass is 395 g/mol. The summed E-state index contributed by atoms with van der Waals surface area (Å²) in [5.41, 5.74) is 2.32. The molecule has 4 rings (SSSR count). The second-order valence-electron chi connectivity index (χ2n) is 6.91. The first-order chi connectivity index (χ1) is 14.0. The van der Waals surface area contributed by atoms with E-state index in [2.05, 4.69) is 22.8 Å². The molecule has 148 valence electrons. The lowest BCUT2D eigenvalue weighted by Gasteiger charge is -2.19. The number of halogens is 3. The fourth-order valence-electron chi connectivity index (χ4n) is 3.41. The molecule has 1 aliphatic heterocycles. The highest BCUT2D eigenvalue weighted by Crippen LogP contribution is 2.35. The number of hydrogen-bond acceptors (Lipinski definition) is 3. The van der Waals surface area contributed by atoms with Gasteiger partial charge in [-0.05, 0) is 28.8 Å². The predicted molar refractivity (Wildman–Crippen MR) is 107 cm³/mol. The van der Waals surface area contributed by atoms with Gasteiger partial charge in [-0.3, -0.25) is 0 Å². The lowest BCUT2D eigenvalue weighted by atomic mass is 9.95. The third-order valence-electron chi connectivity index (χ3n) is 4.92. The molecule has 3 aromatic rings. The van der Waals surface area contributed by atoms with Gasteiger partial charge < -0.3 is 10.6 Å². The van der Waals surface area contributed by atoms with Crippen molar-refractivity contribution in [2.45, 2.75) is 24.8 Å². The van der Waals surface area contributed by atoms with E-state index in [0.717, 1.165) is 28.8 Å². The molecule has 0 saturated heterocycles. The number of benzene rings is 3. The Morgan fingerprint density at radius 1 is 0.793 bits per heavy atom. The van der Waals surface area contributed by atoms with Crippen LogP contribution < -0.4 is 10.6 Å². The minimum atomic E-state index is -4.32. The van der Waals surface area contributed by atoms with Crippen molar-refractivity contribution < 1.29 is 13.2 Å². The summed E-state index contributed by atoms with van der Waals surface area (Å²) in [6.45, 7) is 0.382. The SMILES string of the molecule is FC(F)(F)c1ccc(CNC2=N[C@@H](c3ccccc3)[C@H](c3ccccc3)N2)cc1. The molecule has 2 atom stereocenters. The first-order valence-corrected chi connectivity index (χ1v) is 9.35. The minimum Gasteiger partial charge on any atom is -0.352 e. The van der Waals surface area contributed by atoms with Crippen molar-refractivity contribution in [3.05, 3.63) is 107 Å². The number of guanidine groups is 1. The van der Waals surface area contributed by atoms with Gasteiger partial charge in [0.05, 0.1) is 11.6 Å². The minimum absolute atomic E-state index is 0.0197. The molecule has 0 bridgehead atoms. The van der Waals surface area contributed by atoms with Crippen LogP contribution in [-0.2, 0) is 12.7 Å². The van der Waals surface area contributed by atoms with Crippen LogP contribution in [0.1, 0.15) is 34.3 Å². The van der Waals surface area contributed by atoms with Gasteiger partial charge in [0.25, 0.3) is 0 Å². The van der Waals surface area contributed by atoms with Crippen LogP contribution in [-0.4, -0.2) is 5.96 Å². The molecule has 3 nitrogen and oxygen atoms in total. The van der Waals surface area contributed by atoms with Crippen molar-refractivity contribution in [3.8, 4) is 0 Å². The van der Waals surface area contributed by atoms with Crippen LogP contribution in [0.2, 0.25) is 0 Å². The standard InChI is InChI=1S/C23H20F3N3/c24-23(25,26)19-13-11-16(12-14-19)15-27-22-28-20(17-7-3-1-4-8-17)21(29-22)18-9-5-2-6-10-18/h1-14,20-21H,15H2,(H2,27,28,29)/t20-,21-/m0/s1. The van der Waals surface area contributed by atoms with E-state index in [1.54, 1.807) is 0 Å². The van der Waals surface area contributed by atoms with Crippen molar-refractivity contribution in [1.82, 2.24) is 10.6 Å². The van der Waals surface area contributed by atoms with E-state index in [0.29, 0.717) is 12.5 Å². The quantitative estimate of drug-likeness (QED) is 0.634. The highest BCUT2D eigenvalue weighted by molar-refractivity contribution is 5.82. The molecule has 0 spiro atoms. The zero-order valence-corrected chi connectivity index (χ0v) is 15.5.